The first-order chi connectivity index (χ1) is 9.22. The van der Waals surface area contributed by atoms with Crippen LogP contribution in [0.25, 0.3) is 0 Å². The van der Waals surface area contributed by atoms with Crippen molar-refractivity contribution in [2.45, 2.75) is 44.9 Å². The molecule has 3 atom stereocenters. The van der Waals surface area contributed by atoms with E-state index in [0.717, 1.165) is 12.5 Å². The van der Waals surface area contributed by atoms with Gasteiger partial charge < -0.3 is 5.32 Å². The summed E-state index contributed by atoms with van der Waals surface area (Å²) in [5.41, 5.74) is 2.07. The number of piperidine rings is 1. The molecule has 1 spiro atoms. The quantitative estimate of drug-likeness (QED) is 0.789. The zero-order valence-corrected chi connectivity index (χ0v) is 13.4. The molecule has 2 fully saturated rings. The van der Waals surface area contributed by atoms with E-state index in [-0.39, 0.29) is 0 Å². The predicted molar refractivity (Wildman–Crippen MR) is 84.4 cm³/mol. The Hall–Kier alpha value is -0.340. The molecule has 1 aliphatic carbocycles. The van der Waals surface area contributed by atoms with Gasteiger partial charge in [-0.3, -0.25) is 0 Å². The van der Waals surface area contributed by atoms with Gasteiger partial charge in [0.2, 0.25) is 0 Å². The van der Waals surface area contributed by atoms with Gasteiger partial charge in [-0.05, 0) is 48.4 Å². The van der Waals surface area contributed by atoms with Crippen molar-refractivity contribution < 1.29 is 0 Å². The summed E-state index contributed by atoms with van der Waals surface area (Å²) in [7, 11) is 0. The average molecular weight is 322 g/mol. The predicted octanol–water partition coefficient (Wildman–Crippen LogP) is 4.72. The Bertz CT molecular complexity index is 439. The Morgan fingerprint density at radius 2 is 2.16 bits per heavy atom. The van der Waals surface area contributed by atoms with Gasteiger partial charge in [0.1, 0.15) is 0 Å². The Labute approximate surface area is 125 Å². The molecule has 0 bridgehead atoms. The molecular formula is C17H24BrN. The highest BCUT2D eigenvalue weighted by Gasteiger charge is 2.46. The Balaban J connectivity index is 1.96. The maximum absolute atomic E-state index is 3.64. The second-order valence-corrected chi connectivity index (χ2v) is 7.36. The summed E-state index contributed by atoms with van der Waals surface area (Å²) in [5, 5.41) is 3.63. The number of nitrogens with one attached hydrogen (secondary N) is 1. The zero-order chi connectivity index (χ0) is 13.3. The molecule has 1 N–H and O–H groups in total. The standard InChI is InChI=1S/C17H24BrN/c1-13-5-2-3-8-17(13)9-10-19-12-16(17)14-6-4-7-15(18)11-14/h4,6-7,11,13,16,19H,2-3,5,8-10,12H2,1H3. The van der Waals surface area contributed by atoms with Crippen molar-refractivity contribution in [3.05, 3.63) is 34.3 Å². The summed E-state index contributed by atoms with van der Waals surface area (Å²) in [5.74, 6) is 1.56. The van der Waals surface area contributed by atoms with Crippen LogP contribution in [0.2, 0.25) is 0 Å². The highest BCUT2D eigenvalue weighted by Crippen LogP contribution is 2.54. The minimum Gasteiger partial charge on any atom is -0.316 e. The van der Waals surface area contributed by atoms with Gasteiger partial charge >= 0.3 is 0 Å². The van der Waals surface area contributed by atoms with E-state index >= 15 is 0 Å². The van der Waals surface area contributed by atoms with Crippen molar-refractivity contribution in [1.29, 1.82) is 0 Å². The molecule has 1 saturated heterocycles. The van der Waals surface area contributed by atoms with Crippen molar-refractivity contribution in [1.82, 2.24) is 5.32 Å². The van der Waals surface area contributed by atoms with E-state index in [1.807, 2.05) is 0 Å². The number of rotatable bonds is 1. The fourth-order valence-corrected chi connectivity index (χ4v) is 4.86. The summed E-state index contributed by atoms with van der Waals surface area (Å²) in [6, 6.07) is 8.98. The van der Waals surface area contributed by atoms with Crippen LogP contribution in [0.1, 0.15) is 50.5 Å². The van der Waals surface area contributed by atoms with Gasteiger partial charge in [-0.2, -0.15) is 0 Å². The molecule has 2 heteroatoms. The van der Waals surface area contributed by atoms with Crippen LogP contribution in [0, 0.1) is 11.3 Å². The molecule has 3 unspecified atom stereocenters. The normalized spacial score (nSPS) is 35.5. The van der Waals surface area contributed by atoms with E-state index in [1.54, 1.807) is 0 Å². The van der Waals surface area contributed by atoms with Crippen LogP contribution in [-0.4, -0.2) is 13.1 Å². The van der Waals surface area contributed by atoms with Gasteiger partial charge in [0.25, 0.3) is 0 Å². The van der Waals surface area contributed by atoms with Gasteiger partial charge in [-0.15, -0.1) is 0 Å². The molecule has 1 aromatic carbocycles. The lowest BCUT2D eigenvalue weighted by atomic mass is 9.56. The summed E-state index contributed by atoms with van der Waals surface area (Å²) < 4.78 is 1.22. The SMILES string of the molecule is CC1CCCCC12CCNCC2c1cccc(Br)c1. The zero-order valence-electron chi connectivity index (χ0n) is 11.8. The molecular weight excluding hydrogens is 298 g/mol. The molecule has 0 radical (unpaired) electrons. The van der Waals surface area contributed by atoms with Crippen molar-refractivity contribution >= 4 is 15.9 Å². The molecule has 104 valence electrons. The third-order valence-corrected chi connectivity index (χ3v) is 6.06. The van der Waals surface area contributed by atoms with Gasteiger partial charge in [0.05, 0.1) is 0 Å². The lowest BCUT2D eigenvalue weighted by Gasteiger charge is -2.51. The van der Waals surface area contributed by atoms with E-state index < -0.39 is 0 Å². The molecule has 19 heavy (non-hydrogen) atoms. The average Bonchev–Trinajstić information content (AvgIpc) is 2.43. The topological polar surface area (TPSA) is 12.0 Å². The lowest BCUT2D eigenvalue weighted by Crippen LogP contribution is -2.48. The molecule has 1 heterocycles. The Morgan fingerprint density at radius 3 is 2.95 bits per heavy atom. The molecule has 3 rings (SSSR count). The van der Waals surface area contributed by atoms with Gasteiger partial charge in [-0.1, -0.05) is 54.2 Å². The summed E-state index contributed by atoms with van der Waals surface area (Å²) in [6.07, 6.45) is 7.05. The van der Waals surface area contributed by atoms with E-state index in [2.05, 4.69) is 52.4 Å². The summed E-state index contributed by atoms with van der Waals surface area (Å²) in [4.78, 5) is 0. The lowest BCUT2D eigenvalue weighted by molar-refractivity contribution is 0.0419. The van der Waals surface area contributed by atoms with Crippen LogP contribution in [0.15, 0.2) is 28.7 Å². The van der Waals surface area contributed by atoms with Crippen LogP contribution in [0.5, 0.6) is 0 Å². The highest BCUT2D eigenvalue weighted by molar-refractivity contribution is 9.10. The number of hydrogen-bond acceptors (Lipinski definition) is 1. The van der Waals surface area contributed by atoms with E-state index in [9.17, 15) is 0 Å². The fraction of sp³-hybridized carbons (Fsp3) is 0.647. The highest BCUT2D eigenvalue weighted by atomic mass is 79.9. The maximum atomic E-state index is 3.64. The smallest absolute Gasteiger partial charge is 0.0178 e. The van der Waals surface area contributed by atoms with Crippen molar-refractivity contribution in [3.8, 4) is 0 Å². The van der Waals surface area contributed by atoms with E-state index in [4.69, 9.17) is 0 Å². The van der Waals surface area contributed by atoms with Crippen LogP contribution in [-0.2, 0) is 0 Å². The Morgan fingerprint density at radius 1 is 1.26 bits per heavy atom. The molecule has 2 aliphatic rings. The monoisotopic (exact) mass is 321 g/mol. The number of hydrogen-bond donors (Lipinski definition) is 1. The van der Waals surface area contributed by atoms with Gasteiger partial charge in [0.15, 0.2) is 0 Å². The van der Waals surface area contributed by atoms with Crippen molar-refractivity contribution in [3.63, 3.8) is 0 Å². The molecule has 1 aromatic rings. The second-order valence-electron chi connectivity index (χ2n) is 6.44. The first-order valence-corrected chi connectivity index (χ1v) is 8.48. The molecule has 1 aliphatic heterocycles. The first-order valence-electron chi connectivity index (χ1n) is 7.68. The van der Waals surface area contributed by atoms with Crippen molar-refractivity contribution in [2.75, 3.05) is 13.1 Å². The second kappa shape index (κ2) is 5.57. The van der Waals surface area contributed by atoms with Gasteiger partial charge in [-0.25, -0.2) is 0 Å². The summed E-state index contributed by atoms with van der Waals surface area (Å²) in [6.45, 7) is 4.85. The van der Waals surface area contributed by atoms with E-state index in [0.29, 0.717) is 11.3 Å². The van der Waals surface area contributed by atoms with Crippen LogP contribution < -0.4 is 5.32 Å². The first kappa shape index (κ1) is 13.6. The third-order valence-electron chi connectivity index (χ3n) is 5.57. The van der Waals surface area contributed by atoms with Crippen LogP contribution in [0.3, 0.4) is 0 Å². The Kier molecular flexibility index (Phi) is 4.00. The largest absolute Gasteiger partial charge is 0.316 e. The maximum Gasteiger partial charge on any atom is 0.0178 e. The third kappa shape index (κ3) is 2.50. The van der Waals surface area contributed by atoms with Crippen LogP contribution in [0.4, 0.5) is 0 Å². The summed E-state index contributed by atoms with van der Waals surface area (Å²) >= 11 is 3.64. The molecule has 0 aromatic heterocycles. The van der Waals surface area contributed by atoms with Gasteiger partial charge in [0, 0.05) is 16.9 Å². The molecule has 1 saturated carbocycles. The van der Waals surface area contributed by atoms with Crippen LogP contribution >= 0.6 is 15.9 Å². The minimum absolute atomic E-state index is 0.546. The minimum atomic E-state index is 0.546. The molecule has 1 nitrogen and oxygen atoms in total. The number of benzene rings is 1. The van der Waals surface area contributed by atoms with E-state index in [1.165, 1.54) is 48.7 Å². The van der Waals surface area contributed by atoms with Crippen molar-refractivity contribution in [2.24, 2.45) is 11.3 Å². The number of halogens is 1. The fourth-order valence-electron chi connectivity index (χ4n) is 4.45. The molecule has 0 amide bonds.